The summed E-state index contributed by atoms with van der Waals surface area (Å²) in [5.41, 5.74) is 0.579. The smallest absolute Gasteiger partial charge is 0.261 e. The van der Waals surface area contributed by atoms with Crippen molar-refractivity contribution in [1.29, 1.82) is 0 Å². The third-order valence-electron chi connectivity index (χ3n) is 2.82. The van der Waals surface area contributed by atoms with Gasteiger partial charge in [0.15, 0.2) is 0 Å². The molecule has 0 aliphatic rings. The Morgan fingerprint density at radius 1 is 1.20 bits per heavy atom. The molecule has 0 aliphatic carbocycles. The van der Waals surface area contributed by atoms with Gasteiger partial charge in [-0.05, 0) is 24.3 Å². The van der Waals surface area contributed by atoms with E-state index in [9.17, 15) is 4.79 Å². The zero-order valence-electron chi connectivity index (χ0n) is 10.6. The highest BCUT2D eigenvalue weighted by Crippen LogP contribution is 2.15. The molecular weight excluding hydrogens is 256 g/mol. The van der Waals surface area contributed by atoms with Crippen molar-refractivity contribution >= 4 is 11.9 Å². The van der Waals surface area contributed by atoms with Crippen LogP contribution in [0.15, 0.2) is 59.5 Å². The zero-order chi connectivity index (χ0) is 13.8. The molecule has 2 aromatic heterocycles. The molecule has 0 saturated carbocycles. The van der Waals surface area contributed by atoms with Gasteiger partial charge >= 0.3 is 0 Å². The molecule has 1 amide bonds. The maximum absolute atomic E-state index is 12.6. The van der Waals surface area contributed by atoms with Crippen LogP contribution in [0.2, 0.25) is 0 Å². The van der Waals surface area contributed by atoms with E-state index in [1.54, 1.807) is 24.5 Å². The molecule has 0 atom stereocenters. The van der Waals surface area contributed by atoms with Crippen LogP contribution in [0.3, 0.4) is 0 Å². The Kier molecular flexibility index (Phi) is 3.28. The second-order valence-corrected chi connectivity index (χ2v) is 4.15. The summed E-state index contributed by atoms with van der Waals surface area (Å²) in [6, 6.07) is 12.6. The van der Waals surface area contributed by atoms with Gasteiger partial charge < -0.3 is 4.42 Å². The maximum atomic E-state index is 12.6. The van der Waals surface area contributed by atoms with Gasteiger partial charge in [-0.2, -0.15) is 10.1 Å². The van der Waals surface area contributed by atoms with Crippen molar-refractivity contribution in [2.75, 3.05) is 4.90 Å². The van der Waals surface area contributed by atoms with Gasteiger partial charge in [-0.1, -0.05) is 18.2 Å². The number of amides is 1. The van der Waals surface area contributed by atoms with Gasteiger partial charge in [0.1, 0.15) is 12.1 Å². The summed E-state index contributed by atoms with van der Waals surface area (Å²) in [4.78, 5) is 18.1. The van der Waals surface area contributed by atoms with Crippen LogP contribution in [0, 0.1) is 0 Å². The highest BCUT2D eigenvalue weighted by Gasteiger charge is 2.21. The largest absolute Gasteiger partial charge is 0.467 e. The Hall–Kier alpha value is -2.89. The first-order valence-electron chi connectivity index (χ1n) is 6.09. The number of nitrogens with one attached hydrogen (secondary N) is 1. The maximum Gasteiger partial charge on any atom is 0.261 e. The molecule has 1 N–H and O–H groups in total. The number of hydrogen-bond donors (Lipinski definition) is 1. The number of aromatic nitrogens is 3. The van der Waals surface area contributed by atoms with Crippen LogP contribution in [-0.2, 0) is 6.54 Å². The van der Waals surface area contributed by atoms with E-state index in [2.05, 4.69) is 15.2 Å². The van der Waals surface area contributed by atoms with Crippen molar-refractivity contribution in [3.8, 4) is 0 Å². The second-order valence-electron chi connectivity index (χ2n) is 4.15. The summed E-state index contributed by atoms with van der Waals surface area (Å²) in [6.45, 7) is 0.288. The zero-order valence-corrected chi connectivity index (χ0v) is 10.6. The van der Waals surface area contributed by atoms with E-state index in [0.29, 0.717) is 17.3 Å². The van der Waals surface area contributed by atoms with Gasteiger partial charge in [0, 0.05) is 5.56 Å². The highest BCUT2D eigenvalue weighted by molar-refractivity contribution is 6.04. The lowest BCUT2D eigenvalue weighted by molar-refractivity contribution is 0.0981. The van der Waals surface area contributed by atoms with Crippen LogP contribution in [0.1, 0.15) is 16.1 Å². The lowest BCUT2D eigenvalue weighted by Crippen LogP contribution is -2.31. The minimum Gasteiger partial charge on any atom is -0.467 e. The number of hydrogen-bond acceptors (Lipinski definition) is 4. The molecule has 2 heterocycles. The first kappa shape index (κ1) is 12.2. The first-order valence-corrected chi connectivity index (χ1v) is 6.09. The lowest BCUT2D eigenvalue weighted by Gasteiger charge is -2.18. The van der Waals surface area contributed by atoms with Gasteiger partial charge in [-0.25, -0.2) is 5.10 Å². The van der Waals surface area contributed by atoms with E-state index < -0.39 is 0 Å². The molecule has 100 valence electrons. The van der Waals surface area contributed by atoms with Crippen molar-refractivity contribution in [3.05, 3.63) is 66.4 Å². The molecule has 0 spiro atoms. The number of rotatable bonds is 4. The molecule has 0 radical (unpaired) electrons. The topological polar surface area (TPSA) is 75.0 Å². The van der Waals surface area contributed by atoms with E-state index in [1.807, 2.05) is 24.3 Å². The Morgan fingerprint density at radius 3 is 2.70 bits per heavy atom. The van der Waals surface area contributed by atoms with Gasteiger partial charge in [-0.15, -0.1) is 0 Å². The summed E-state index contributed by atoms with van der Waals surface area (Å²) in [7, 11) is 0. The molecular formula is C14H12N4O2. The number of carbonyl (C=O) groups excluding carboxylic acids is 1. The van der Waals surface area contributed by atoms with E-state index in [4.69, 9.17) is 4.42 Å². The van der Waals surface area contributed by atoms with E-state index in [-0.39, 0.29) is 12.5 Å². The van der Waals surface area contributed by atoms with Crippen LogP contribution in [0.5, 0.6) is 0 Å². The fourth-order valence-electron chi connectivity index (χ4n) is 1.87. The molecule has 6 heteroatoms. The molecule has 0 bridgehead atoms. The van der Waals surface area contributed by atoms with Gasteiger partial charge in [0.2, 0.25) is 5.95 Å². The Balaban J connectivity index is 1.91. The van der Waals surface area contributed by atoms with Crippen molar-refractivity contribution in [2.45, 2.75) is 6.54 Å². The number of anilines is 1. The van der Waals surface area contributed by atoms with Gasteiger partial charge in [-0.3, -0.25) is 9.69 Å². The summed E-state index contributed by atoms with van der Waals surface area (Å²) in [6.07, 6.45) is 2.93. The van der Waals surface area contributed by atoms with Crippen molar-refractivity contribution in [1.82, 2.24) is 15.2 Å². The van der Waals surface area contributed by atoms with Crippen LogP contribution in [0.25, 0.3) is 0 Å². The van der Waals surface area contributed by atoms with Crippen molar-refractivity contribution in [2.24, 2.45) is 0 Å². The first-order chi connectivity index (χ1) is 9.84. The molecule has 0 saturated heterocycles. The third kappa shape index (κ3) is 2.44. The fraction of sp³-hybridized carbons (Fsp3) is 0.0714. The standard InChI is InChI=1S/C14H12N4O2/c19-13(11-5-2-1-3-6-11)18(14-15-10-16-17-14)9-12-7-4-8-20-12/h1-8,10H,9H2,(H,15,16,17). The predicted octanol–water partition coefficient (Wildman–Crippen LogP) is 2.24. The fourth-order valence-corrected chi connectivity index (χ4v) is 1.87. The Labute approximate surface area is 115 Å². The third-order valence-corrected chi connectivity index (χ3v) is 2.82. The molecule has 0 fully saturated rings. The number of furan rings is 1. The van der Waals surface area contributed by atoms with Crippen LogP contribution >= 0.6 is 0 Å². The lowest BCUT2D eigenvalue weighted by atomic mass is 10.2. The van der Waals surface area contributed by atoms with Crippen molar-refractivity contribution < 1.29 is 9.21 Å². The Morgan fingerprint density at radius 2 is 2.05 bits per heavy atom. The molecule has 0 unspecified atom stereocenters. The number of aromatic amines is 1. The quantitative estimate of drug-likeness (QED) is 0.787. The van der Waals surface area contributed by atoms with E-state index in [1.165, 1.54) is 11.2 Å². The van der Waals surface area contributed by atoms with Gasteiger partial charge in [0.25, 0.3) is 5.91 Å². The average molecular weight is 268 g/mol. The van der Waals surface area contributed by atoms with Crippen LogP contribution in [0.4, 0.5) is 5.95 Å². The average Bonchev–Trinajstić information content (AvgIpc) is 3.18. The minimum absolute atomic E-state index is 0.168. The van der Waals surface area contributed by atoms with Crippen LogP contribution in [-0.4, -0.2) is 21.1 Å². The van der Waals surface area contributed by atoms with E-state index in [0.717, 1.165) is 0 Å². The molecule has 3 aromatic rings. The number of nitrogens with zero attached hydrogens (tertiary/aromatic N) is 3. The minimum atomic E-state index is -0.168. The number of benzene rings is 1. The van der Waals surface area contributed by atoms with Gasteiger partial charge in [0.05, 0.1) is 12.8 Å². The summed E-state index contributed by atoms with van der Waals surface area (Å²) in [5.74, 6) is 0.889. The second kappa shape index (κ2) is 5.40. The molecule has 1 aromatic carbocycles. The van der Waals surface area contributed by atoms with Crippen molar-refractivity contribution in [3.63, 3.8) is 0 Å². The predicted molar refractivity (Wildman–Crippen MR) is 72.0 cm³/mol. The molecule has 3 rings (SSSR count). The SMILES string of the molecule is O=C(c1ccccc1)N(Cc1ccco1)c1ncn[nH]1. The monoisotopic (exact) mass is 268 g/mol. The Bertz CT molecular complexity index is 663. The van der Waals surface area contributed by atoms with Crippen LogP contribution < -0.4 is 4.90 Å². The molecule has 20 heavy (non-hydrogen) atoms. The normalized spacial score (nSPS) is 10.4. The summed E-state index contributed by atoms with van der Waals surface area (Å²) in [5, 5.41) is 6.49. The summed E-state index contributed by atoms with van der Waals surface area (Å²) < 4.78 is 5.29. The number of carbonyl (C=O) groups is 1. The number of H-pyrrole nitrogens is 1. The molecule has 6 nitrogen and oxygen atoms in total. The highest BCUT2D eigenvalue weighted by atomic mass is 16.3. The van der Waals surface area contributed by atoms with E-state index >= 15 is 0 Å². The summed E-state index contributed by atoms with van der Waals surface area (Å²) >= 11 is 0. The molecule has 0 aliphatic heterocycles.